The van der Waals surface area contributed by atoms with Gasteiger partial charge in [-0.2, -0.15) is 0 Å². The first-order valence-corrected chi connectivity index (χ1v) is 6.75. The zero-order chi connectivity index (χ0) is 14.5. The average molecular weight is 285 g/mol. The summed E-state index contributed by atoms with van der Waals surface area (Å²) in [6.07, 6.45) is 1.77. The molecule has 1 aromatic heterocycles. The van der Waals surface area contributed by atoms with Gasteiger partial charge < -0.3 is 10.1 Å². The van der Waals surface area contributed by atoms with Crippen molar-refractivity contribution in [1.29, 1.82) is 0 Å². The van der Waals surface area contributed by atoms with Gasteiger partial charge in [0.05, 0.1) is 5.60 Å². The summed E-state index contributed by atoms with van der Waals surface area (Å²) in [5, 5.41) is 3.19. The molecule has 0 saturated carbocycles. The summed E-state index contributed by atoms with van der Waals surface area (Å²) in [7, 11) is 1.62. The van der Waals surface area contributed by atoms with E-state index in [2.05, 4.69) is 17.2 Å². The highest BCUT2D eigenvalue weighted by Gasteiger charge is 2.18. The molecule has 0 aliphatic heterocycles. The maximum atomic E-state index is 12.1. The lowest BCUT2D eigenvalue weighted by atomic mass is 10.1. The van der Waals surface area contributed by atoms with E-state index in [-0.39, 0.29) is 5.91 Å². The summed E-state index contributed by atoms with van der Waals surface area (Å²) >= 11 is 5.93. The van der Waals surface area contributed by atoms with E-state index in [0.717, 1.165) is 18.5 Å². The van der Waals surface area contributed by atoms with Crippen LogP contribution < -0.4 is 5.32 Å². The first-order chi connectivity index (χ1) is 8.88. The molecule has 19 heavy (non-hydrogen) atoms. The molecule has 1 aromatic rings. The fourth-order valence-electron chi connectivity index (χ4n) is 1.53. The van der Waals surface area contributed by atoms with Crippen molar-refractivity contribution in [2.45, 2.75) is 39.2 Å². The number of rotatable bonds is 6. The van der Waals surface area contributed by atoms with Crippen molar-refractivity contribution in [2.24, 2.45) is 0 Å². The fraction of sp³-hybridized carbons (Fsp3) is 0.571. The van der Waals surface area contributed by atoms with Crippen LogP contribution in [-0.4, -0.2) is 30.1 Å². The van der Waals surface area contributed by atoms with Gasteiger partial charge in [0, 0.05) is 24.9 Å². The van der Waals surface area contributed by atoms with E-state index in [1.807, 2.05) is 13.8 Å². The molecule has 0 spiro atoms. The Hall–Kier alpha value is -1.13. The maximum absolute atomic E-state index is 12.1. The monoisotopic (exact) mass is 284 g/mol. The Labute approximate surface area is 119 Å². The molecule has 0 aliphatic carbocycles. The Morgan fingerprint density at radius 1 is 1.47 bits per heavy atom. The molecule has 0 fully saturated rings. The highest BCUT2D eigenvalue weighted by molar-refractivity contribution is 6.29. The highest BCUT2D eigenvalue weighted by Crippen LogP contribution is 2.13. The molecule has 0 aliphatic rings. The number of hydrogen-bond donors (Lipinski definition) is 1. The Morgan fingerprint density at radius 2 is 2.16 bits per heavy atom. The fourth-order valence-corrected chi connectivity index (χ4v) is 1.76. The van der Waals surface area contributed by atoms with Gasteiger partial charge in [0.2, 0.25) is 0 Å². The number of ether oxygens (including phenoxy) is 1. The molecule has 1 rings (SSSR count). The summed E-state index contributed by atoms with van der Waals surface area (Å²) in [4.78, 5) is 16.3. The van der Waals surface area contributed by atoms with Crippen LogP contribution in [0.5, 0.6) is 0 Å². The molecule has 0 aromatic carbocycles. The van der Waals surface area contributed by atoms with Crippen LogP contribution in [0.4, 0.5) is 0 Å². The molecule has 4 nitrogen and oxygen atoms in total. The normalized spacial score (nSPS) is 11.4. The van der Waals surface area contributed by atoms with Gasteiger partial charge in [-0.15, -0.1) is 0 Å². The number of aromatic nitrogens is 1. The topological polar surface area (TPSA) is 51.2 Å². The third-order valence-corrected chi connectivity index (χ3v) is 3.04. The summed E-state index contributed by atoms with van der Waals surface area (Å²) in [5.74, 6) is -0.160. The molecule has 106 valence electrons. The van der Waals surface area contributed by atoms with Gasteiger partial charge in [-0.05, 0) is 32.4 Å². The van der Waals surface area contributed by atoms with Crippen LogP contribution in [0.25, 0.3) is 0 Å². The van der Waals surface area contributed by atoms with Gasteiger partial charge in [-0.3, -0.25) is 4.79 Å². The van der Waals surface area contributed by atoms with Crippen molar-refractivity contribution in [3.05, 3.63) is 28.5 Å². The maximum Gasteiger partial charge on any atom is 0.251 e. The molecule has 0 atom stereocenters. The van der Waals surface area contributed by atoms with E-state index in [9.17, 15) is 4.79 Å². The van der Waals surface area contributed by atoms with Crippen molar-refractivity contribution >= 4 is 17.5 Å². The van der Waals surface area contributed by atoms with Gasteiger partial charge >= 0.3 is 0 Å². The van der Waals surface area contributed by atoms with Crippen LogP contribution >= 0.6 is 11.6 Å². The third kappa shape index (κ3) is 5.17. The summed E-state index contributed by atoms with van der Waals surface area (Å²) in [6.45, 7) is 6.32. The van der Waals surface area contributed by atoms with E-state index in [1.165, 1.54) is 0 Å². The van der Waals surface area contributed by atoms with E-state index in [4.69, 9.17) is 16.3 Å². The Morgan fingerprint density at radius 3 is 2.74 bits per heavy atom. The van der Waals surface area contributed by atoms with Crippen molar-refractivity contribution in [3.63, 3.8) is 0 Å². The molecular weight excluding hydrogens is 264 g/mol. The minimum Gasteiger partial charge on any atom is -0.377 e. The van der Waals surface area contributed by atoms with Gasteiger partial charge in [0.1, 0.15) is 5.15 Å². The number of amides is 1. The Kier molecular flexibility index (Phi) is 5.76. The van der Waals surface area contributed by atoms with Gasteiger partial charge in [-0.1, -0.05) is 24.9 Å². The van der Waals surface area contributed by atoms with Gasteiger partial charge in [0.25, 0.3) is 5.91 Å². The molecule has 0 bridgehead atoms. The molecule has 1 amide bonds. The van der Waals surface area contributed by atoms with Crippen molar-refractivity contribution < 1.29 is 9.53 Å². The second-order valence-corrected chi connectivity index (χ2v) is 5.45. The highest BCUT2D eigenvalue weighted by atomic mass is 35.5. The standard InChI is InChI=1S/C14H21ClN2O2/c1-5-6-11-7-10(8-12(15)17-11)13(18)16-9-14(2,3)19-4/h7-8H,5-6,9H2,1-4H3,(H,16,18). The number of methoxy groups -OCH3 is 1. The van der Waals surface area contributed by atoms with E-state index in [1.54, 1.807) is 19.2 Å². The van der Waals surface area contributed by atoms with Crippen molar-refractivity contribution in [3.8, 4) is 0 Å². The number of hydrogen-bond acceptors (Lipinski definition) is 3. The number of pyridine rings is 1. The first kappa shape index (κ1) is 15.9. The quantitative estimate of drug-likeness (QED) is 0.817. The van der Waals surface area contributed by atoms with Crippen LogP contribution in [0, 0.1) is 0 Å². The van der Waals surface area contributed by atoms with E-state index >= 15 is 0 Å². The first-order valence-electron chi connectivity index (χ1n) is 6.38. The zero-order valence-corrected chi connectivity index (χ0v) is 12.7. The van der Waals surface area contributed by atoms with E-state index < -0.39 is 5.60 Å². The number of carbonyl (C=O) groups is 1. The van der Waals surface area contributed by atoms with Crippen LogP contribution in [0.1, 0.15) is 43.2 Å². The van der Waals surface area contributed by atoms with Crippen LogP contribution in [0.3, 0.4) is 0 Å². The molecule has 0 saturated heterocycles. The lowest BCUT2D eigenvalue weighted by Gasteiger charge is -2.23. The Bertz CT molecular complexity index is 447. The number of carbonyl (C=O) groups excluding carboxylic acids is 1. The number of aryl methyl sites for hydroxylation is 1. The molecule has 0 unspecified atom stereocenters. The van der Waals surface area contributed by atoms with E-state index in [0.29, 0.717) is 17.3 Å². The van der Waals surface area contributed by atoms with Crippen molar-refractivity contribution in [1.82, 2.24) is 10.3 Å². The SMILES string of the molecule is CCCc1cc(C(=O)NCC(C)(C)OC)cc(Cl)n1. The lowest BCUT2D eigenvalue weighted by Crippen LogP contribution is -2.39. The predicted octanol–water partition coefficient (Wildman–Crippen LogP) is 2.84. The van der Waals surface area contributed by atoms with Gasteiger partial charge in [-0.25, -0.2) is 4.98 Å². The van der Waals surface area contributed by atoms with Gasteiger partial charge in [0.15, 0.2) is 0 Å². The third-order valence-electron chi connectivity index (χ3n) is 2.84. The second kappa shape index (κ2) is 6.87. The lowest BCUT2D eigenvalue weighted by molar-refractivity contribution is 0.0229. The summed E-state index contributed by atoms with van der Waals surface area (Å²) < 4.78 is 5.26. The number of nitrogens with one attached hydrogen (secondary N) is 1. The smallest absolute Gasteiger partial charge is 0.251 e. The van der Waals surface area contributed by atoms with Crippen molar-refractivity contribution in [2.75, 3.05) is 13.7 Å². The molecule has 1 N–H and O–H groups in total. The molecule has 1 heterocycles. The summed E-state index contributed by atoms with van der Waals surface area (Å²) in [5.41, 5.74) is 0.986. The zero-order valence-electron chi connectivity index (χ0n) is 11.9. The number of nitrogens with zero attached hydrogens (tertiary/aromatic N) is 1. The number of halogens is 1. The average Bonchev–Trinajstić information content (AvgIpc) is 2.36. The Balaban J connectivity index is 2.76. The van der Waals surface area contributed by atoms with Crippen LogP contribution in [-0.2, 0) is 11.2 Å². The molecule has 0 radical (unpaired) electrons. The minimum atomic E-state index is -0.390. The largest absolute Gasteiger partial charge is 0.377 e. The van der Waals surface area contributed by atoms with Crippen LogP contribution in [0.2, 0.25) is 5.15 Å². The second-order valence-electron chi connectivity index (χ2n) is 5.07. The summed E-state index contributed by atoms with van der Waals surface area (Å²) in [6, 6.07) is 3.36. The molecular formula is C14H21ClN2O2. The predicted molar refractivity (Wildman–Crippen MR) is 76.7 cm³/mol. The van der Waals surface area contributed by atoms with Crippen LogP contribution in [0.15, 0.2) is 12.1 Å². The molecule has 5 heteroatoms. The minimum absolute atomic E-state index is 0.160.